The molecule has 18 heavy (non-hydrogen) atoms. The lowest BCUT2D eigenvalue weighted by atomic mass is 10.0. The molecule has 0 bridgehead atoms. The number of carbonyl (C=O) groups excluding carboxylic acids is 1. The van der Waals surface area contributed by atoms with E-state index in [9.17, 15) is 18.0 Å². The maximum absolute atomic E-state index is 13.0. The van der Waals surface area contributed by atoms with Crippen LogP contribution >= 0.6 is 0 Å². The summed E-state index contributed by atoms with van der Waals surface area (Å²) in [6, 6.07) is 2.09. The number of ether oxygens (including phenoxy) is 1. The van der Waals surface area contributed by atoms with Crippen LogP contribution in [0.2, 0.25) is 0 Å². The van der Waals surface area contributed by atoms with Crippen LogP contribution in [0.5, 0.6) is 0 Å². The standard InChI is InChI=1S/C11H9F3N2O2/c1-2-18-9(17)4-6-3-8(12)16-7(5-15)10(6)11(13)14/h3,11H,2,4H2,1H3. The average Bonchev–Trinajstić information content (AvgIpc) is 2.27. The predicted molar refractivity (Wildman–Crippen MR) is 54.2 cm³/mol. The molecule has 0 atom stereocenters. The Balaban J connectivity index is 3.20. The summed E-state index contributed by atoms with van der Waals surface area (Å²) >= 11 is 0. The van der Waals surface area contributed by atoms with Crippen molar-refractivity contribution in [1.82, 2.24) is 4.98 Å². The fourth-order valence-electron chi connectivity index (χ4n) is 1.42. The maximum Gasteiger partial charge on any atom is 0.310 e. The van der Waals surface area contributed by atoms with Crippen LogP contribution in [0.15, 0.2) is 6.07 Å². The van der Waals surface area contributed by atoms with Gasteiger partial charge in [0.25, 0.3) is 6.43 Å². The van der Waals surface area contributed by atoms with Gasteiger partial charge in [-0.25, -0.2) is 13.8 Å². The maximum atomic E-state index is 13.0. The number of halogens is 3. The summed E-state index contributed by atoms with van der Waals surface area (Å²) in [6.07, 6.45) is -3.54. The molecule has 0 aromatic carbocycles. The van der Waals surface area contributed by atoms with E-state index in [-0.39, 0.29) is 12.2 Å². The van der Waals surface area contributed by atoms with Crippen LogP contribution in [0, 0.1) is 17.3 Å². The Hall–Kier alpha value is -2.10. The molecule has 0 aliphatic carbocycles. The number of nitriles is 1. The number of nitrogens with zero attached hydrogens (tertiary/aromatic N) is 2. The van der Waals surface area contributed by atoms with Crippen molar-refractivity contribution in [3.8, 4) is 6.07 Å². The van der Waals surface area contributed by atoms with Crippen LogP contribution in [0.4, 0.5) is 13.2 Å². The molecule has 0 saturated carbocycles. The fraction of sp³-hybridized carbons (Fsp3) is 0.364. The van der Waals surface area contributed by atoms with Crippen LogP contribution in [0.3, 0.4) is 0 Å². The van der Waals surface area contributed by atoms with Crippen LogP contribution in [-0.2, 0) is 16.0 Å². The quantitative estimate of drug-likeness (QED) is 0.613. The third kappa shape index (κ3) is 3.20. The first-order valence-corrected chi connectivity index (χ1v) is 5.02. The van der Waals surface area contributed by atoms with Crippen molar-refractivity contribution in [2.24, 2.45) is 0 Å². The molecular weight excluding hydrogens is 249 g/mol. The lowest BCUT2D eigenvalue weighted by Crippen LogP contribution is -2.12. The molecule has 0 aliphatic rings. The Kier molecular flexibility index (Phi) is 4.66. The lowest BCUT2D eigenvalue weighted by molar-refractivity contribution is -0.142. The van der Waals surface area contributed by atoms with Gasteiger partial charge in [0.15, 0.2) is 5.69 Å². The van der Waals surface area contributed by atoms with E-state index in [2.05, 4.69) is 9.72 Å². The average molecular weight is 258 g/mol. The molecule has 1 aromatic rings. The van der Waals surface area contributed by atoms with Crippen molar-refractivity contribution in [2.45, 2.75) is 19.8 Å². The molecule has 0 amide bonds. The number of carbonyl (C=O) groups is 1. The van der Waals surface area contributed by atoms with Crippen LogP contribution in [0.1, 0.15) is 30.2 Å². The van der Waals surface area contributed by atoms with Crippen molar-refractivity contribution in [3.05, 3.63) is 28.8 Å². The van der Waals surface area contributed by atoms with E-state index >= 15 is 0 Å². The molecule has 1 rings (SSSR count). The molecule has 1 heterocycles. The zero-order chi connectivity index (χ0) is 13.7. The molecule has 0 fully saturated rings. The third-order valence-corrected chi connectivity index (χ3v) is 2.08. The third-order valence-electron chi connectivity index (χ3n) is 2.08. The van der Waals surface area contributed by atoms with E-state index in [1.165, 1.54) is 6.07 Å². The molecule has 7 heteroatoms. The highest BCUT2D eigenvalue weighted by Gasteiger charge is 2.22. The zero-order valence-corrected chi connectivity index (χ0v) is 9.41. The summed E-state index contributed by atoms with van der Waals surface area (Å²) in [5.74, 6) is -1.86. The zero-order valence-electron chi connectivity index (χ0n) is 9.41. The topological polar surface area (TPSA) is 63.0 Å². The summed E-state index contributed by atoms with van der Waals surface area (Å²) < 4.78 is 43.2. The van der Waals surface area contributed by atoms with Gasteiger partial charge in [-0.2, -0.15) is 9.65 Å². The minimum atomic E-state index is -3.02. The van der Waals surface area contributed by atoms with E-state index in [0.717, 1.165) is 0 Å². The smallest absolute Gasteiger partial charge is 0.310 e. The van der Waals surface area contributed by atoms with Gasteiger partial charge in [-0.15, -0.1) is 0 Å². The molecule has 4 nitrogen and oxygen atoms in total. The summed E-state index contributed by atoms with van der Waals surface area (Å²) in [6.45, 7) is 1.64. The number of alkyl halides is 2. The second-order valence-electron chi connectivity index (χ2n) is 3.26. The molecule has 1 aromatic heterocycles. The summed E-state index contributed by atoms with van der Waals surface area (Å²) in [7, 11) is 0. The van der Waals surface area contributed by atoms with Gasteiger partial charge in [-0.05, 0) is 18.6 Å². The number of hydrogen-bond donors (Lipinski definition) is 0. The van der Waals surface area contributed by atoms with Crippen LogP contribution in [0.25, 0.3) is 0 Å². The Morgan fingerprint density at radius 2 is 2.28 bits per heavy atom. The Morgan fingerprint density at radius 1 is 1.61 bits per heavy atom. The lowest BCUT2D eigenvalue weighted by Gasteiger charge is -2.09. The molecule has 0 saturated heterocycles. The van der Waals surface area contributed by atoms with Crippen LogP contribution in [-0.4, -0.2) is 17.6 Å². The van der Waals surface area contributed by atoms with Crippen molar-refractivity contribution in [1.29, 1.82) is 5.26 Å². The van der Waals surface area contributed by atoms with Gasteiger partial charge in [0.05, 0.1) is 18.6 Å². The summed E-state index contributed by atoms with van der Waals surface area (Å²) in [4.78, 5) is 14.3. The SMILES string of the molecule is CCOC(=O)Cc1cc(F)nc(C#N)c1C(F)F. The number of esters is 1. The van der Waals surface area contributed by atoms with E-state index in [0.29, 0.717) is 6.07 Å². The van der Waals surface area contributed by atoms with Gasteiger partial charge in [0.1, 0.15) is 6.07 Å². The molecular formula is C11H9F3N2O2. The Labute approximate surface area is 101 Å². The fourth-order valence-corrected chi connectivity index (χ4v) is 1.42. The van der Waals surface area contributed by atoms with Gasteiger partial charge in [0, 0.05) is 0 Å². The minimum absolute atomic E-state index is 0.0848. The Morgan fingerprint density at radius 3 is 2.78 bits per heavy atom. The first-order valence-electron chi connectivity index (χ1n) is 5.02. The minimum Gasteiger partial charge on any atom is -0.466 e. The predicted octanol–water partition coefficient (Wildman–Crippen LogP) is 2.14. The van der Waals surface area contributed by atoms with Crippen molar-refractivity contribution in [2.75, 3.05) is 6.61 Å². The van der Waals surface area contributed by atoms with Crippen molar-refractivity contribution < 1.29 is 22.7 Å². The molecule has 0 radical (unpaired) electrons. The number of pyridine rings is 1. The monoisotopic (exact) mass is 258 g/mol. The summed E-state index contributed by atoms with van der Waals surface area (Å²) in [5, 5.41) is 8.63. The highest BCUT2D eigenvalue weighted by molar-refractivity contribution is 5.73. The summed E-state index contributed by atoms with van der Waals surface area (Å²) in [5.41, 5.74) is -1.73. The normalized spacial score (nSPS) is 10.2. The highest BCUT2D eigenvalue weighted by atomic mass is 19.3. The molecule has 0 aliphatic heterocycles. The van der Waals surface area contributed by atoms with Crippen LogP contribution < -0.4 is 0 Å². The number of aromatic nitrogens is 1. The first-order chi connectivity index (χ1) is 8.49. The van der Waals surface area contributed by atoms with Gasteiger partial charge >= 0.3 is 5.97 Å². The van der Waals surface area contributed by atoms with E-state index in [1.54, 1.807) is 6.92 Å². The van der Waals surface area contributed by atoms with E-state index in [4.69, 9.17) is 5.26 Å². The second kappa shape index (κ2) is 6.00. The largest absolute Gasteiger partial charge is 0.466 e. The Bertz CT molecular complexity index is 498. The van der Waals surface area contributed by atoms with Gasteiger partial charge in [-0.1, -0.05) is 0 Å². The van der Waals surface area contributed by atoms with Crippen molar-refractivity contribution in [3.63, 3.8) is 0 Å². The van der Waals surface area contributed by atoms with Gasteiger partial charge < -0.3 is 4.74 Å². The van der Waals surface area contributed by atoms with E-state index < -0.39 is 36.0 Å². The van der Waals surface area contributed by atoms with E-state index in [1.807, 2.05) is 0 Å². The molecule has 0 unspecified atom stereocenters. The molecule has 96 valence electrons. The molecule has 0 spiro atoms. The number of rotatable bonds is 4. The highest BCUT2D eigenvalue weighted by Crippen LogP contribution is 2.26. The first kappa shape index (κ1) is 14.0. The second-order valence-corrected chi connectivity index (χ2v) is 3.26. The van der Waals surface area contributed by atoms with Gasteiger partial charge in [-0.3, -0.25) is 4.79 Å². The molecule has 0 N–H and O–H groups in total. The van der Waals surface area contributed by atoms with Gasteiger partial charge in [0.2, 0.25) is 5.95 Å². The number of hydrogen-bond acceptors (Lipinski definition) is 4. The van der Waals surface area contributed by atoms with Crippen molar-refractivity contribution >= 4 is 5.97 Å².